The first-order valence-electron chi connectivity index (χ1n) is 11.0. The van der Waals surface area contributed by atoms with Crippen molar-refractivity contribution in [3.63, 3.8) is 0 Å². The van der Waals surface area contributed by atoms with Gasteiger partial charge in [0.05, 0.1) is 5.69 Å². The predicted molar refractivity (Wildman–Crippen MR) is 131 cm³/mol. The first kappa shape index (κ1) is 23.4. The summed E-state index contributed by atoms with van der Waals surface area (Å²) in [6, 6.07) is 10.6. The van der Waals surface area contributed by atoms with E-state index in [2.05, 4.69) is 20.2 Å². The number of benzene rings is 1. The van der Waals surface area contributed by atoms with Crippen molar-refractivity contribution in [3.8, 4) is 0 Å². The van der Waals surface area contributed by atoms with Crippen molar-refractivity contribution >= 4 is 39.8 Å². The lowest BCUT2D eigenvalue weighted by Crippen LogP contribution is -2.48. The van der Waals surface area contributed by atoms with Gasteiger partial charge in [-0.15, -0.1) is 11.3 Å². The normalized spacial score (nSPS) is 13.6. The maximum atomic E-state index is 12.7. The zero-order valence-electron chi connectivity index (χ0n) is 18.7. The lowest BCUT2D eigenvalue weighted by atomic mass is 10.1. The molecule has 1 fully saturated rings. The van der Waals surface area contributed by atoms with Crippen LogP contribution in [0.5, 0.6) is 0 Å². The minimum Gasteiger partial charge on any atom is -0.368 e. The summed E-state index contributed by atoms with van der Waals surface area (Å²) in [5.74, 6) is -0.406. The molecule has 0 unspecified atom stereocenters. The van der Waals surface area contributed by atoms with Crippen molar-refractivity contribution in [1.82, 2.24) is 14.9 Å². The minimum absolute atomic E-state index is 0.0170. The number of carbonyl (C=O) groups is 3. The third-order valence-electron chi connectivity index (χ3n) is 5.70. The molecule has 4 rings (SSSR count). The van der Waals surface area contributed by atoms with E-state index in [4.69, 9.17) is 0 Å². The Bertz CT molecular complexity index is 1240. The monoisotopic (exact) mass is 479 g/mol. The molecule has 0 spiro atoms. The summed E-state index contributed by atoms with van der Waals surface area (Å²) < 4.78 is 0. The third-order valence-corrected chi connectivity index (χ3v) is 6.51. The Balaban J connectivity index is 1.24. The lowest BCUT2D eigenvalue weighted by Gasteiger charge is -2.36. The van der Waals surface area contributed by atoms with Gasteiger partial charge in [0.25, 0.3) is 11.5 Å². The Hall–Kier alpha value is -3.79. The number of aromatic nitrogens is 2. The summed E-state index contributed by atoms with van der Waals surface area (Å²) in [5, 5.41) is 4.82. The van der Waals surface area contributed by atoms with E-state index >= 15 is 0 Å². The molecule has 0 atom stereocenters. The minimum atomic E-state index is -0.521. The Kier molecular flexibility index (Phi) is 7.17. The number of piperazine rings is 1. The number of carbonyl (C=O) groups excluding carboxylic acids is 3. The number of ketones is 1. The van der Waals surface area contributed by atoms with Crippen LogP contribution in [0.4, 0.5) is 10.8 Å². The quantitative estimate of drug-likeness (QED) is 0.503. The van der Waals surface area contributed by atoms with Gasteiger partial charge in [0.1, 0.15) is 5.56 Å². The van der Waals surface area contributed by atoms with E-state index in [1.54, 1.807) is 18.4 Å². The predicted octanol–water partition coefficient (Wildman–Crippen LogP) is 2.57. The van der Waals surface area contributed by atoms with E-state index in [0.717, 1.165) is 24.5 Å². The van der Waals surface area contributed by atoms with Crippen LogP contribution in [0.2, 0.25) is 0 Å². The molecule has 0 radical (unpaired) electrons. The topological polar surface area (TPSA) is 115 Å². The number of anilines is 2. The van der Waals surface area contributed by atoms with Crippen LogP contribution in [0.3, 0.4) is 0 Å². The fourth-order valence-electron chi connectivity index (χ4n) is 3.76. The highest BCUT2D eigenvalue weighted by Gasteiger charge is 2.21. The molecule has 0 saturated carbocycles. The molecule has 2 N–H and O–H groups in total. The van der Waals surface area contributed by atoms with Crippen LogP contribution in [-0.2, 0) is 11.2 Å². The number of hydrogen-bond donors (Lipinski definition) is 2. The number of H-pyrrole nitrogens is 1. The van der Waals surface area contributed by atoms with E-state index in [1.807, 2.05) is 29.2 Å². The molecule has 3 aromatic rings. The number of nitrogens with one attached hydrogen (secondary N) is 2. The molecule has 2 aromatic heterocycles. The molecule has 0 aliphatic carbocycles. The molecule has 1 aromatic carbocycles. The van der Waals surface area contributed by atoms with Gasteiger partial charge >= 0.3 is 0 Å². The average molecular weight is 480 g/mol. The molecule has 3 heterocycles. The van der Waals surface area contributed by atoms with E-state index < -0.39 is 11.5 Å². The molecule has 9 nitrogen and oxygen atoms in total. The second-order valence-electron chi connectivity index (χ2n) is 7.98. The van der Waals surface area contributed by atoms with E-state index in [1.165, 1.54) is 23.6 Å². The SMILES string of the molecule is CC(=O)c1ccc(N2CCN(C(=O)CCc3csc(NC(=O)c4ccc[nH]c4=O)n3)CC2)cc1. The summed E-state index contributed by atoms with van der Waals surface area (Å²) in [7, 11) is 0. The molecule has 176 valence electrons. The summed E-state index contributed by atoms with van der Waals surface area (Å²) in [6.07, 6.45) is 2.27. The molecular weight excluding hydrogens is 454 g/mol. The molecule has 1 saturated heterocycles. The molecule has 1 aliphatic rings. The van der Waals surface area contributed by atoms with Crippen molar-refractivity contribution in [2.75, 3.05) is 36.4 Å². The second-order valence-corrected chi connectivity index (χ2v) is 8.84. The fourth-order valence-corrected chi connectivity index (χ4v) is 4.50. The Morgan fingerprint density at radius 1 is 1.09 bits per heavy atom. The number of aryl methyl sites for hydroxylation is 1. The van der Waals surface area contributed by atoms with Crippen molar-refractivity contribution < 1.29 is 14.4 Å². The smallest absolute Gasteiger partial charge is 0.263 e. The summed E-state index contributed by atoms with van der Waals surface area (Å²) in [6.45, 7) is 4.29. The first-order chi connectivity index (χ1) is 16.4. The van der Waals surface area contributed by atoms with Crippen LogP contribution in [-0.4, -0.2) is 58.6 Å². The van der Waals surface area contributed by atoms with Gasteiger partial charge in [0, 0.05) is 55.4 Å². The maximum absolute atomic E-state index is 12.7. The third kappa shape index (κ3) is 5.57. The summed E-state index contributed by atoms with van der Waals surface area (Å²) in [4.78, 5) is 59.0. The van der Waals surface area contributed by atoms with Crippen LogP contribution < -0.4 is 15.8 Å². The van der Waals surface area contributed by atoms with Gasteiger partial charge in [0.15, 0.2) is 10.9 Å². The standard InChI is InChI=1S/C24H25N5O4S/c1-16(30)17-4-7-19(8-5-17)28-11-13-29(14-12-28)21(31)9-6-18-15-34-24(26-18)27-23(33)20-3-2-10-25-22(20)32/h2-5,7-8,10,15H,6,9,11-14H2,1H3,(H,25,32)(H,26,27,33). The highest BCUT2D eigenvalue weighted by Crippen LogP contribution is 2.20. The summed E-state index contributed by atoms with van der Waals surface area (Å²) in [5.41, 5.74) is 2.02. The van der Waals surface area contributed by atoms with E-state index in [9.17, 15) is 19.2 Å². The number of hydrogen-bond acceptors (Lipinski definition) is 7. The van der Waals surface area contributed by atoms with E-state index in [0.29, 0.717) is 36.6 Å². The summed E-state index contributed by atoms with van der Waals surface area (Å²) >= 11 is 1.26. The van der Waals surface area contributed by atoms with Crippen LogP contribution in [0.15, 0.2) is 52.8 Å². The van der Waals surface area contributed by atoms with Gasteiger partial charge in [-0.1, -0.05) is 0 Å². The average Bonchev–Trinajstić information content (AvgIpc) is 3.30. The molecule has 2 amide bonds. The van der Waals surface area contributed by atoms with Gasteiger partial charge in [-0.2, -0.15) is 0 Å². The highest BCUT2D eigenvalue weighted by atomic mass is 32.1. The molecule has 34 heavy (non-hydrogen) atoms. The van der Waals surface area contributed by atoms with Crippen molar-refractivity contribution in [2.45, 2.75) is 19.8 Å². The Labute approximate surface area is 200 Å². The number of amides is 2. The van der Waals surface area contributed by atoms with Crippen LogP contribution in [0, 0.1) is 0 Å². The first-order valence-corrected chi connectivity index (χ1v) is 11.9. The molecular formula is C24H25N5O4S. The van der Waals surface area contributed by atoms with Gasteiger partial charge in [-0.05, 0) is 49.7 Å². The zero-order chi connectivity index (χ0) is 24.1. The number of Topliss-reactive ketones (excluding diaryl/α,β-unsaturated/α-hetero) is 1. The fraction of sp³-hybridized carbons (Fsp3) is 0.292. The van der Waals surface area contributed by atoms with Crippen LogP contribution >= 0.6 is 11.3 Å². The Morgan fingerprint density at radius 3 is 2.50 bits per heavy atom. The molecule has 1 aliphatic heterocycles. The number of thiazole rings is 1. The van der Waals surface area contributed by atoms with Gasteiger partial charge in [-0.25, -0.2) is 4.98 Å². The van der Waals surface area contributed by atoms with Crippen molar-refractivity contribution in [1.29, 1.82) is 0 Å². The van der Waals surface area contributed by atoms with Crippen molar-refractivity contribution in [3.05, 3.63) is 75.1 Å². The second kappa shape index (κ2) is 10.4. The van der Waals surface area contributed by atoms with Gasteiger partial charge < -0.3 is 14.8 Å². The number of aromatic amines is 1. The Morgan fingerprint density at radius 2 is 1.82 bits per heavy atom. The largest absolute Gasteiger partial charge is 0.368 e. The number of rotatable bonds is 7. The number of pyridine rings is 1. The van der Waals surface area contributed by atoms with Crippen LogP contribution in [0.1, 0.15) is 39.8 Å². The maximum Gasteiger partial charge on any atom is 0.263 e. The molecule has 0 bridgehead atoms. The van der Waals surface area contributed by atoms with Crippen molar-refractivity contribution in [2.24, 2.45) is 0 Å². The number of nitrogens with zero attached hydrogens (tertiary/aromatic N) is 3. The lowest BCUT2D eigenvalue weighted by molar-refractivity contribution is -0.131. The van der Waals surface area contributed by atoms with E-state index in [-0.39, 0.29) is 17.3 Å². The zero-order valence-corrected chi connectivity index (χ0v) is 19.6. The van der Waals surface area contributed by atoms with Gasteiger partial charge in [0.2, 0.25) is 5.91 Å². The molecule has 10 heteroatoms. The van der Waals surface area contributed by atoms with Crippen LogP contribution in [0.25, 0.3) is 0 Å². The highest BCUT2D eigenvalue weighted by molar-refractivity contribution is 7.14. The van der Waals surface area contributed by atoms with Gasteiger partial charge in [-0.3, -0.25) is 24.5 Å².